The highest BCUT2D eigenvalue weighted by Gasteiger charge is 2.20. The fraction of sp³-hybridized carbons (Fsp3) is 0.278. The Morgan fingerprint density at radius 3 is 2.44 bits per heavy atom. The summed E-state index contributed by atoms with van der Waals surface area (Å²) >= 11 is 0. The number of amides is 1. The summed E-state index contributed by atoms with van der Waals surface area (Å²) in [4.78, 5) is 23.9. The summed E-state index contributed by atoms with van der Waals surface area (Å²) in [6.45, 7) is 0.462. The molecule has 0 aliphatic rings. The predicted molar refractivity (Wildman–Crippen MR) is 97.5 cm³/mol. The van der Waals surface area contributed by atoms with Gasteiger partial charge in [0.25, 0.3) is 0 Å². The average molecular weight is 379 g/mol. The molecule has 1 amide bonds. The zero-order chi connectivity index (χ0) is 20.1. The number of rotatable bonds is 7. The van der Waals surface area contributed by atoms with Crippen molar-refractivity contribution in [3.63, 3.8) is 0 Å². The Kier molecular flexibility index (Phi) is 6.27. The highest BCUT2D eigenvalue weighted by Crippen LogP contribution is 2.32. The van der Waals surface area contributed by atoms with Crippen molar-refractivity contribution in [3.8, 4) is 5.75 Å². The fourth-order valence-electron chi connectivity index (χ4n) is 2.58. The van der Waals surface area contributed by atoms with Crippen LogP contribution in [-0.4, -0.2) is 31.0 Å². The number of anilines is 2. The molecule has 2 aromatic carbocycles. The van der Waals surface area contributed by atoms with E-state index >= 15 is 0 Å². The van der Waals surface area contributed by atoms with Crippen LogP contribution in [0.1, 0.15) is 11.1 Å². The van der Waals surface area contributed by atoms with Gasteiger partial charge in [0.05, 0.1) is 11.5 Å². The summed E-state index contributed by atoms with van der Waals surface area (Å²) in [6, 6.07) is 9.16. The molecule has 0 atom stereocenters. The first kappa shape index (κ1) is 20.1. The van der Waals surface area contributed by atoms with Crippen LogP contribution < -0.4 is 15.0 Å². The smallest absolute Gasteiger partial charge is 0.387 e. The van der Waals surface area contributed by atoms with E-state index in [0.29, 0.717) is 11.4 Å². The molecule has 0 aliphatic heterocycles. The van der Waals surface area contributed by atoms with Crippen molar-refractivity contribution >= 4 is 23.0 Å². The molecule has 0 aliphatic carbocycles. The number of nitro benzene ring substituents is 1. The molecule has 0 saturated heterocycles. The number of hydrogen-bond acceptors (Lipinski definition) is 5. The highest BCUT2D eigenvalue weighted by atomic mass is 19.3. The molecular formula is C18H19F2N3O4. The van der Waals surface area contributed by atoms with Gasteiger partial charge < -0.3 is 15.0 Å². The van der Waals surface area contributed by atoms with Crippen molar-refractivity contribution < 1.29 is 23.2 Å². The number of nitrogens with zero attached hydrogens (tertiary/aromatic N) is 2. The monoisotopic (exact) mass is 379 g/mol. The minimum absolute atomic E-state index is 0.0836. The number of likely N-dealkylation sites (N-methyl/N-ethyl adjacent to an activating group) is 1. The normalized spacial score (nSPS) is 10.6. The molecule has 0 radical (unpaired) electrons. The van der Waals surface area contributed by atoms with Crippen molar-refractivity contribution in [2.24, 2.45) is 0 Å². The van der Waals surface area contributed by atoms with Gasteiger partial charge in [0.1, 0.15) is 0 Å². The molecule has 0 aromatic heterocycles. The molecule has 0 fully saturated rings. The van der Waals surface area contributed by atoms with Crippen LogP contribution in [0.5, 0.6) is 5.75 Å². The number of benzene rings is 2. The number of carbonyl (C=O) groups excluding carboxylic acids is 1. The number of alkyl halides is 2. The van der Waals surface area contributed by atoms with E-state index in [1.54, 1.807) is 7.05 Å². The van der Waals surface area contributed by atoms with Crippen LogP contribution in [0.4, 0.5) is 25.8 Å². The lowest BCUT2D eigenvalue weighted by Gasteiger charge is -2.20. The largest absolute Gasteiger partial charge is 0.427 e. The first-order chi connectivity index (χ1) is 12.7. The summed E-state index contributed by atoms with van der Waals surface area (Å²) in [5.74, 6) is -0.876. The van der Waals surface area contributed by atoms with Crippen molar-refractivity contribution in [3.05, 3.63) is 57.6 Å². The van der Waals surface area contributed by atoms with Gasteiger partial charge in [-0.1, -0.05) is 18.2 Å². The van der Waals surface area contributed by atoms with Crippen LogP contribution in [0.2, 0.25) is 0 Å². The van der Waals surface area contributed by atoms with Crippen LogP contribution in [0.25, 0.3) is 0 Å². The number of halogens is 2. The summed E-state index contributed by atoms with van der Waals surface area (Å²) in [7, 11) is 1.57. The number of carbonyl (C=O) groups is 1. The second kappa shape index (κ2) is 8.43. The molecule has 27 heavy (non-hydrogen) atoms. The SMILES string of the molecule is Cc1cccc(C)c1NC(=O)CN(C)c1ccc([N+](=O)[O-])c(OC(F)F)c1. The molecule has 0 heterocycles. The zero-order valence-corrected chi connectivity index (χ0v) is 15.0. The van der Waals surface area contributed by atoms with E-state index in [1.807, 2.05) is 32.0 Å². The minimum Gasteiger partial charge on any atom is -0.427 e. The van der Waals surface area contributed by atoms with E-state index in [9.17, 15) is 23.7 Å². The van der Waals surface area contributed by atoms with Crippen LogP contribution in [0.15, 0.2) is 36.4 Å². The predicted octanol–water partition coefficient (Wildman–Crippen LogP) is 3.89. The Morgan fingerprint density at radius 1 is 1.26 bits per heavy atom. The third-order valence-electron chi connectivity index (χ3n) is 3.92. The van der Waals surface area contributed by atoms with Crippen molar-refractivity contribution in [1.29, 1.82) is 0 Å². The third kappa shape index (κ3) is 5.13. The number of nitrogens with one attached hydrogen (secondary N) is 1. The van der Waals surface area contributed by atoms with E-state index < -0.39 is 23.0 Å². The second-order valence-electron chi connectivity index (χ2n) is 5.96. The fourth-order valence-corrected chi connectivity index (χ4v) is 2.58. The Balaban J connectivity index is 2.16. The lowest BCUT2D eigenvalue weighted by Crippen LogP contribution is -2.30. The summed E-state index contributed by atoms with van der Waals surface area (Å²) in [5, 5.41) is 13.7. The lowest BCUT2D eigenvalue weighted by atomic mass is 10.1. The van der Waals surface area contributed by atoms with Gasteiger partial charge in [-0.3, -0.25) is 14.9 Å². The van der Waals surface area contributed by atoms with E-state index in [2.05, 4.69) is 10.1 Å². The molecule has 0 spiro atoms. The Bertz CT molecular complexity index is 838. The number of nitro groups is 1. The quantitative estimate of drug-likeness (QED) is 0.583. The summed E-state index contributed by atoms with van der Waals surface area (Å²) in [6.07, 6.45) is 0. The van der Waals surface area contributed by atoms with E-state index in [-0.39, 0.29) is 12.5 Å². The molecule has 2 aromatic rings. The minimum atomic E-state index is -3.20. The van der Waals surface area contributed by atoms with Gasteiger partial charge in [0, 0.05) is 30.6 Å². The molecule has 7 nitrogen and oxygen atoms in total. The number of para-hydroxylation sites is 1. The third-order valence-corrected chi connectivity index (χ3v) is 3.92. The molecular weight excluding hydrogens is 360 g/mol. The van der Waals surface area contributed by atoms with Gasteiger partial charge in [0.2, 0.25) is 11.7 Å². The van der Waals surface area contributed by atoms with Gasteiger partial charge in [-0.05, 0) is 31.0 Å². The van der Waals surface area contributed by atoms with E-state index in [0.717, 1.165) is 23.3 Å². The van der Waals surface area contributed by atoms with Gasteiger partial charge in [0.15, 0.2) is 0 Å². The molecule has 144 valence electrons. The lowest BCUT2D eigenvalue weighted by molar-refractivity contribution is -0.386. The average Bonchev–Trinajstić information content (AvgIpc) is 2.57. The number of aryl methyl sites for hydroxylation is 2. The molecule has 1 N–H and O–H groups in total. The highest BCUT2D eigenvalue weighted by molar-refractivity contribution is 5.95. The standard InChI is InChI=1S/C18H19F2N3O4/c1-11-5-4-6-12(2)17(11)21-16(24)10-22(3)13-7-8-14(23(25)26)15(9-13)27-18(19)20/h4-9,18H,10H2,1-3H3,(H,21,24). The number of ether oxygens (including phenoxy) is 1. The first-order valence-corrected chi connectivity index (χ1v) is 7.99. The van der Waals surface area contributed by atoms with Gasteiger partial charge in [-0.25, -0.2) is 0 Å². The summed E-state index contributed by atoms with van der Waals surface area (Å²) in [5.41, 5.74) is 2.28. The van der Waals surface area contributed by atoms with Crippen molar-refractivity contribution in [2.45, 2.75) is 20.5 Å². The molecule has 0 unspecified atom stereocenters. The van der Waals surface area contributed by atoms with Crippen LogP contribution in [-0.2, 0) is 4.79 Å². The maximum absolute atomic E-state index is 12.5. The van der Waals surface area contributed by atoms with Gasteiger partial charge >= 0.3 is 12.3 Å². The van der Waals surface area contributed by atoms with Crippen LogP contribution in [0, 0.1) is 24.0 Å². The Labute approximate surface area is 154 Å². The Hall–Kier alpha value is -3.23. The molecule has 0 saturated carbocycles. The van der Waals surface area contributed by atoms with Crippen molar-refractivity contribution in [2.75, 3.05) is 23.8 Å². The van der Waals surface area contributed by atoms with Crippen LogP contribution in [0.3, 0.4) is 0 Å². The molecule has 9 heteroatoms. The first-order valence-electron chi connectivity index (χ1n) is 7.99. The van der Waals surface area contributed by atoms with Gasteiger partial charge in [-0.15, -0.1) is 0 Å². The molecule has 0 bridgehead atoms. The maximum Gasteiger partial charge on any atom is 0.387 e. The molecule has 2 rings (SSSR count). The second-order valence-corrected chi connectivity index (χ2v) is 5.96. The maximum atomic E-state index is 12.5. The van der Waals surface area contributed by atoms with E-state index in [1.165, 1.54) is 11.0 Å². The van der Waals surface area contributed by atoms with Crippen LogP contribution >= 0.6 is 0 Å². The Morgan fingerprint density at radius 2 is 1.89 bits per heavy atom. The van der Waals surface area contributed by atoms with Crippen molar-refractivity contribution in [1.82, 2.24) is 0 Å². The topological polar surface area (TPSA) is 84.7 Å². The number of hydrogen-bond donors (Lipinski definition) is 1. The summed E-state index contributed by atoms with van der Waals surface area (Å²) < 4.78 is 29.2. The van der Waals surface area contributed by atoms with Gasteiger partial charge in [-0.2, -0.15) is 8.78 Å². The zero-order valence-electron chi connectivity index (χ0n) is 15.0. The van der Waals surface area contributed by atoms with E-state index in [4.69, 9.17) is 0 Å².